The topological polar surface area (TPSA) is 78.9 Å². The third-order valence-corrected chi connectivity index (χ3v) is 12.2. The van der Waals surface area contributed by atoms with Crippen LogP contribution in [0.3, 0.4) is 0 Å². The molecule has 6 heteroatoms. The molecule has 0 aromatic heterocycles. The summed E-state index contributed by atoms with van der Waals surface area (Å²) in [5.74, 6) is -0.975. The number of rotatable bonds is 52. The van der Waals surface area contributed by atoms with Gasteiger partial charge in [-0.1, -0.05) is 233 Å². The lowest BCUT2D eigenvalue weighted by atomic mass is 10.1. The standard InChI is InChI=1S/C65H108O6/c1-4-7-10-13-16-19-22-25-28-31-32-35-37-40-43-46-49-52-55-58-64(67)70-61-62(71-65(68)59-56-53-50-47-44-41-38-34-30-27-24-21-18-15-12-9-6-3)60-69-63(66)57-54-51-48-45-42-39-36-33-29-26-23-20-17-14-11-8-5-2/h9,12,16-21,25-30,38,41,47,50,62H,4-8,10-11,13-15,22-24,31-37,39-40,42-46,48-49,51-61H2,1-3H3/b12-9-,19-16-,20-17-,21-18-,28-25-,29-26-,30-27-,41-38-,50-47-. The van der Waals surface area contributed by atoms with E-state index in [4.69, 9.17) is 14.2 Å². The molecule has 1 unspecified atom stereocenters. The SMILES string of the molecule is CC/C=C\C/C=C\C/C=C\C/C=C\C/C=C\CCCC(=O)OC(COC(=O)CCCCCCCCC/C=C\C/C=C\CCCCC)COC(=O)CCCCCCCCCCC/C=C\C/C=C\CCCCC. The van der Waals surface area contributed by atoms with E-state index in [1.807, 2.05) is 0 Å². The highest BCUT2D eigenvalue weighted by atomic mass is 16.6. The van der Waals surface area contributed by atoms with Crippen LogP contribution in [0.25, 0.3) is 0 Å². The molecule has 71 heavy (non-hydrogen) atoms. The van der Waals surface area contributed by atoms with Crippen LogP contribution in [-0.4, -0.2) is 37.2 Å². The van der Waals surface area contributed by atoms with Gasteiger partial charge >= 0.3 is 17.9 Å². The Morgan fingerprint density at radius 2 is 0.563 bits per heavy atom. The second-order valence-electron chi connectivity index (χ2n) is 19.2. The molecule has 0 N–H and O–H groups in total. The van der Waals surface area contributed by atoms with Crippen LogP contribution >= 0.6 is 0 Å². The summed E-state index contributed by atoms with van der Waals surface area (Å²) < 4.78 is 16.8. The van der Waals surface area contributed by atoms with E-state index in [0.29, 0.717) is 19.3 Å². The number of hydrogen-bond donors (Lipinski definition) is 0. The average molecular weight is 986 g/mol. The molecular formula is C65H108O6. The maximum absolute atomic E-state index is 12.8. The smallest absolute Gasteiger partial charge is 0.306 e. The fourth-order valence-corrected chi connectivity index (χ4v) is 7.83. The van der Waals surface area contributed by atoms with E-state index in [0.717, 1.165) is 96.3 Å². The van der Waals surface area contributed by atoms with E-state index >= 15 is 0 Å². The maximum atomic E-state index is 12.8. The minimum absolute atomic E-state index is 0.107. The van der Waals surface area contributed by atoms with Crippen molar-refractivity contribution in [1.29, 1.82) is 0 Å². The molecule has 404 valence electrons. The van der Waals surface area contributed by atoms with E-state index in [2.05, 4.69) is 130 Å². The first-order valence-corrected chi connectivity index (χ1v) is 29.4. The van der Waals surface area contributed by atoms with Gasteiger partial charge in [0.1, 0.15) is 13.2 Å². The predicted molar refractivity (Wildman–Crippen MR) is 307 cm³/mol. The van der Waals surface area contributed by atoms with Gasteiger partial charge in [-0.3, -0.25) is 14.4 Å². The summed E-state index contributed by atoms with van der Waals surface area (Å²) in [4.78, 5) is 38.2. The average Bonchev–Trinajstić information content (AvgIpc) is 3.37. The first-order chi connectivity index (χ1) is 35.0. The molecular weight excluding hydrogens is 877 g/mol. The highest BCUT2D eigenvalue weighted by Gasteiger charge is 2.19. The molecule has 0 fully saturated rings. The molecule has 0 heterocycles. The van der Waals surface area contributed by atoms with Crippen molar-refractivity contribution in [3.8, 4) is 0 Å². The molecule has 0 amide bonds. The zero-order valence-corrected chi connectivity index (χ0v) is 46.2. The molecule has 0 rings (SSSR count). The van der Waals surface area contributed by atoms with Crippen molar-refractivity contribution in [3.63, 3.8) is 0 Å². The number of carbonyl (C=O) groups excluding carboxylic acids is 3. The van der Waals surface area contributed by atoms with Crippen molar-refractivity contribution in [2.24, 2.45) is 0 Å². The third-order valence-electron chi connectivity index (χ3n) is 12.2. The molecule has 0 saturated carbocycles. The molecule has 0 radical (unpaired) electrons. The van der Waals surface area contributed by atoms with Crippen LogP contribution in [0.1, 0.15) is 265 Å². The lowest BCUT2D eigenvalue weighted by molar-refractivity contribution is -0.167. The van der Waals surface area contributed by atoms with Crippen LogP contribution < -0.4 is 0 Å². The van der Waals surface area contributed by atoms with Gasteiger partial charge in [0.2, 0.25) is 0 Å². The van der Waals surface area contributed by atoms with Crippen LogP contribution in [0.4, 0.5) is 0 Å². The van der Waals surface area contributed by atoms with Crippen molar-refractivity contribution in [2.45, 2.75) is 271 Å². The number of hydrogen-bond acceptors (Lipinski definition) is 6. The Balaban J connectivity index is 4.49. The zero-order chi connectivity index (χ0) is 51.4. The molecule has 0 aliphatic rings. The maximum Gasteiger partial charge on any atom is 0.306 e. The molecule has 0 spiro atoms. The Kier molecular flexibility index (Phi) is 55.4. The fraction of sp³-hybridized carbons (Fsp3) is 0.677. The van der Waals surface area contributed by atoms with Gasteiger partial charge in [-0.05, 0) is 122 Å². The first-order valence-electron chi connectivity index (χ1n) is 29.4. The van der Waals surface area contributed by atoms with Crippen LogP contribution in [0.5, 0.6) is 0 Å². The van der Waals surface area contributed by atoms with Crippen molar-refractivity contribution in [2.75, 3.05) is 13.2 Å². The lowest BCUT2D eigenvalue weighted by Crippen LogP contribution is -2.30. The molecule has 0 aromatic carbocycles. The monoisotopic (exact) mass is 985 g/mol. The zero-order valence-electron chi connectivity index (χ0n) is 46.2. The summed E-state index contributed by atoms with van der Waals surface area (Å²) in [6.07, 6.45) is 79.4. The Bertz CT molecular complexity index is 1460. The lowest BCUT2D eigenvalue weighted by Gasteiger charge is -2.18. The fourth-order valence-electron chi connectivity index (χ4n) is 7.83. The van der Waals surface area contributed by atoms with Gasteiger partial charge < -0.3 is 14.2 Å². The predicted octanol–water partition coefficient (Wildman–Crippen LogP) is 19.9. The van der Waals surface area contributed by atoms with Crippen molar-refractivity contribution < 1.29 is 28.6 Å². The van der Waals surface area contributed by atoms with Crippen LogP contribution in [0.15, 0.2) is 109 Å². The molecule has 1 atom stereocenters. The summed E-state index contributed by atoms with van der Waals surface area (Å²) >= 11 is 0. The van der Waals surface area contributed by atoms with E-state index < -0.39 is 6.10 Å². The van der Waals surface area contributed by atoms with E-state index in [1.54, 1.807) is 0 Å². The summed E-state index contributed by atoms with van der Waals surface area (Å²) in [6, 6.07) is 0. The summed E-state index contributed by atoms with van der Waals surface area (Å²) in [5.41, 5.74) is 0. The number of allylic oxidation sites excluding steroid dienone is 18. The largest absolute Gasteiger partial charge is 0.462 e. The summed E-state index contributed by atoms with van der Waals surface area (Å²) in [7, 11) is 0. The number of esters is 3. The number of ether oxygens (including phenoxy) is 3. The van der Waals surface area contributed by atoms with Gasteiger partial charge in [0.05, 0.1) is 0 Å². The Morgan fingerprint density at radius 1 is 0.296 bits per heavy atom. The molecule has 6 nitrogen and oxygen atoms in total. The van der Waals surface area contributed by atoms with Crippen molar-refractivity contribution in [3.05, 3.63) is 109 Å². The van der Waals surface area contributed by atoms with Crippen LogP contribution in [0.2, 0.25) is 0 Å². The van der Waals surface area contributed by atoms with E-state index in [-0.39, 0.29) is 37.5 Å². The molecule has 0 aliphatic heterocycles. The highest BCUT2D eigenvalue weighted by Crippen LogP contribution is 2.14. The van der Waals surface area contributed by atoms with E-state index in [1.165, 1.54) is 122 Å². The van der Waals surface area contributed by atoms with E-state index in [9.17, 15) is 14.4 Å². The summed E-state index contributed by atoms with van der Waals surface area (Å²) in [6.45, 7) is 6.43. The normalized spacial score (nSPS) is 12.9. The van der Waals surface area contributed by atoms with Crippen molar-refractivity contribution >= 4 is 17.9 Å². The second kappa shape index (κ2) is 58.6. The first kappa shape index (κ1) is 67.1. The van der Waals surface area contributed by atoms with Crippen molar-refractivity contribution in [1.82, 2.24) is 0 Å². The Morgan fingerprint density at radius 3 is 0.901 bits per heavy atom. The third kappa shape index (κ3) is 56.9. The minimum Gasteiger partial charge on any atom is -0.462 e. The van der Waals surface area contributed by atoms with Gasteiger partial charge in [-0.2, -0.15) is 0 Å². The second-order valence-corrected chi connectivity index (χ2v) is 19.2. The highest BCUT2D eigenvalue weighted by molar-refractivity contribution is 5.71. The quantitative estimate of drug-likeness (QED) is 0.0261. The van der Waals surface area contributed by atoms with Gasteiger partial charge in [-0.15, -0.1) is 0 Å². The Labute approximate surface area is 438 Å². The molecule has 0 bridgehead atoms. The molecule has 0 saturated heterocycles. The van der Waals surface area contributed by atoms with Crippen LogP contribution in [0, 0.1) is 0 Å². The van der Waals surface area contributed by atoms with Crippen LogP contribution in [-0.2, 0) is 28.6 Å². The molecule has 0 aromatic rings. The number of unbranched alkanes of at least 4 members (excludes halogenated alkanes) is 23. The molecule has 0 aliphatic carbocycles. The minimum atomic E-state index is -0.816. The number of carbonyl (C=O) groups is 3. The Hall–Kier alpha value is -3.93. The van der Waals surface area contributed by atoms with Gasteiger partial charge in [-0.25, -0.2) is 0 Å². The summed E-state index contributed by atoms with van der Waals surface area (Å²) in [5, 5.41) is 0. The van der Waals surface area contributed by atoms with Gasteiger partial charge in [0.25, 0.3) is 0 Å². The van der Waals surface area contributed by atoms with Gasteiger partial charge in [0, 0.05) is 19.3 Å². The van der Waals surface area contributed by atoms with Gasteiger partial charge in [0.15, 0.2) is 6.10 Å².